The van der Waals surface area contributed by atoms with Gasteiger partial charge < -0.3 is 16.0 Å². The van der Waals surface area contributed by atoms with Crippen molar-refractivity contribution >= 4 is 17.5 Å². The fourth-order valence-electron chi connectivity index (χ4n) is 2.07. The molecule has 1 unspecified atom stereocenters. The zero-order chi connectivity index (χ0) is 13.7. The van der Waals surface area contributed by atoms with E-state index in [0.717, 1.165) is 38.2 Å². The van der Waals surface area contributed by atoms with E-state index in [1.165, 1.54) is 0 Å². The van der Waals surface area contributed by atoms with Crippen LogP contribution in [0.4, 0.5) is 11.6 Å². The van der Waals surface area contributed by atoms with Crippen LogP contribution in [-0.4, -0.2) is 35.0 Å². The van der Waals surface area contributed by atoms with E-state index in [1.807, 2.05) is 13.0 Å². The number of piperidine rings is 1. The van der Waals surface area contributed by atoms with Crippen LogP contribution < -0.4 is 16.0 Å². The number of hydrogen-bond donors (Lipinski definition) is 3. The van der Waals surface area contributed by atoms with Gasteiger partial charge in [0.1, 0.15) is 23.5 Å². The van der Waals surface area contributed by atoms with E-state index in [1.54, 1.807) is 0 Å². The van der Waals surface area contributed by atoms with Crippen molar-refractivity contribution in [1.82, 2.24) is 15.3 Å². The lowest BCUT2D eigenvalue weighted by molar-refractivity contribution is -0.123. The molecule has 3 N–H and O–H groups in total. The predicted octanol–water partition coefficient (Wildman–Crippen LogP) is 1.30. The van der Waals surface area contributed by atoms with Crippen molar-refractivity contribution in [1.29, 1.82) is 0 Å². The molecular formula is C13H21N5O. The number of carbonyl (C=O) groups excluding carboxylic acids is 1. The molecule has 0 bridgehead atoms. The Morgan fingerprint density at radius 1 is 1.42 bits per heavy atom. The van der Waals surface area contributed by atoms with Gasteiger partial charge >= 0.3 is 0 Å². The number of anilines is 2. The standard InChI is InChI=1S/C13H21N5O/c1-3-6-14-11-8-12(17-9(2)16-11)18-10-5-4-7-15-13(10)19/h8,10H,3-7H2,1-2H3,(H,15,19)(H2,14,16,17,18). The van der Waals surface area contributed by atoms with Crippen LogP contribution in [0.2, 0.25) is 0 Å². The monoisotopic (exact) mass is 263 g/mol. The number of aromatic nitrogens is 2. The van der Waals surface area contributed by atoms with Gasteiger partial charge in [-0.15, -0.1) is 0 Å². The lowest BCUT2D eigenvalue weighted by atomic mass is 10.1. The molecule has 0 saturated carbocycles. The van der Waals surface area contributed by atoms with Crippen molar-refractivity contribution in [3.05, 3.63) is 11.9 Å². The summed E-state index contributed by atoms with van der Waals surface area (Å²) in [5, 5.41) is 9.27. The number of rotatable bonds is 5. The Labute approximate surface area is 113 Å². The van der Waals surface area contributed by atoms with Crippen LogP contribution in [0.5, 0.6) is 0 Å². The van der Waals surface area contributed by atoms with Crippen molar-refractivity contribution in [2.24, 2.45) is 0 Å². The van der Waals surface area contributed by atoms with Crippen molar-refractivity contribution in [2.45, 2.75) is 39.2 Å². The van der Waals surface area contributed by atoms with Gasteiger partial charge in [-0.1, -0.05) is 6.92 Å². The highest BCUT2D eigenvalue weighted by atomic mass is 16.2. The number of hydrogen-bond acceptors (Lipinski definition) is 5. The summed E-state index contributed by atoms with van der Waals surface area (Å²) in [6.45, 7) is 5.60. The number of nitrogens with one attached hydrogen (secondary N) is 3. The van der Waals surface area contributed by atoms with Gasteiger partial charge in [-0.25, -0.2) is 9.97 Å². The third-order valence-electron chi connectivity index (χ3n) is 3.00. The van der Waals surface area contributed by atoms with E-state index in [9.17, 15) is 4.79 Å². The topological polar surface area (TPSA) is 78.9 Å². The van der Waals surface area contributed by atoms with Crippen molar-refractivity contribution in [3.63, 3.8) is 0 Å². The van der Waals surface area contributed by atoms with E-state index in [-0.39, 0.29) is 11.9 Å². The molecular weight excluding hydrogens is 242 g/mol. The first-order valence-corrected chi connectivity index (χ1v) is 6.83. The summed E-state index contributed by atoms with van der Waals surface area (Å²) >= 11 is 0. The first-order chi connectivity index (χ1) is 9.19. The SMILES string of the molecule is CCCNc1cc(NC2CCCNC2=O)nc(C)n1. The molecule has 2 heterocycles. The summed E-state index contributed by atoms with van der Waals surface area (Å²) in [4.78, 5) is 20.4. The highest BCUT2D eigenvalue weighted by Crippen LogP contribution is 2.15. The third-order valence-corrected chi connectivity index (χ3v) is 3.00. The summed E-state index contributed by atoms with van der Waals surface area (Å²) in [5.41, 5.74) is 0. The Kier molecular flexibility index (Phi) is 4.54. The fraction of sp³-hybridized carbons (Fsp3) is 0.615. The van der Waals surface area contributed by atoms with Crippen LogP contribution in [0.3, 0.4) is 0 Å². The Morgan fingerprint density at radius 2 is 2.21 bits per heavy atom. The molecule has 1 aliphatic heterocycles. The molecule has 0 aromatic carbocycles. The van der Waals surface area contributed by atoms with Crippen molar-refractivity contribution in [2.75, 3.05) is 23.7 Å². The van der Waals surface area contributed by atoms with Gasteiger partial charge in [0.25, 0.3) is 0 Å². The maximum Gasteiger partial charge on any atom is 0.242 e. The quantitative estimate of drug-likeness (QED) is 0.746. The van der Waals surface area contributed by atoms with Crippen molar-refractivity contribution in [3.8, 4) is 0 Å². The second kappa shape index (κ2) is 6.36. The largest absolute Gasteiger partial charge is 0.370 e. The van der Waals surface area contributed by atoms with Crippen LogP contribution >= 0.6 is 0 Å². The molecule has 1 atom stereocenters. The summed E-state index contributed by atoms with van der Waals surface area (Å²) in [6, 6.07) is 1.66. The number of amides is 1. The van der Waals surface area contributed by atoms with Gasteiger partial charge in [0.2, 0.25) is 5.91 Å². The summed E-state index contributed by atoms with van der Waals surface area (Å²) in [5.74, 6) is 2.24. The van der Waals surface area contributed by atoms with Crippen LogP contribution in [0, 0.1) is 6.92 Å². The zero-order valence-corrected chi connectivity index (χ0v) is 11.5. The Morgan fingerprint density at radius 3 is 2.95 bits per heavy atom. The first-order valence-electron chi connectivity index (χ1n) is 6.83. The van der Waals surface area contributed by atoms with Crippen LogP contribution in [0.25, 0.3) is 0 Å². The zero-order valence-electron chi connectivity index (χ0n) is 11.5. The van der Waals surface area contributed by atoms with Gasteiger partial charge in [0.15, 0.2) is 0 Å². The molecule has 1 amide bonds. The molecule has 1 aliphatic rings. The molecule has 0 aliphatic carbocycles. The van der Waals surface area contributed by atoms with Crippen LogP contribution in [-0.2, 0) is 4.79 Å². The molecule has 0 spiro atoms. The number of aryl methyl sites for hydroxylation is 1. The molecule has 6 nitrogen and oxygen atoms in total. The Hall–Kier alpha value is -1.85. The lowest BCUT2D eigenvalue weighted by Crippen LogP contribution is -2.44. The second-order valence-electron chi connectivity index (χ2n) is 4.74. The van der Waals surface area contributed by atoms with Gasteiger partial charge in [-0.2, -0.15) is 0 Å². The molecule has 1 saturated heterocycles. The van der Waals surface area contributed by atoms with Gasteiger partial charge in [0.05, 0.1) is 0 Å². The van der Waals surface area contributed by atoms with E-state index in [4.69, 9.17) is 0 Å². The van der Waals surface area contributed by atoms with Gasteiger partial charge in [0, 0.05) is 19.2 Å². The molecule has 6 heteroatoms. The molecule has 1 aromatic rings. The van der Waals surface area contributed by atoms with Crippen molar-refractivity contribution < 1.29 is 4.79 Å². The fourth-order valence-corrected chi connectivity index (χ4v) is 2.07. The summed E-state index contributed by atoms with van der Waals surface area (Å²) in [7, 11) is 0. The molecule has 2 rings (SSSR count). The van der Waals surface area contributed by atoms with E-state index >= 15 is 0 Å². The second-order valence-corrected chi connectivity index (χ2v) is 4.74. The average molecular weight is 263 g/mol. The normalized spacial score (nSPS) is 18.8. The van der Waals surface area contributed by atoms with Crippen LogP contribution in [0.1, 0.15) is 32.0 Å². The summed E-state index contributed by atoms with van der Waals surface area (Å²) in [6.07, 6.45) is 2.87. The highest BCUT2D eigenvalue weighted by molar-refractivity contribution is 5.85. The van der Waals surface area contributed by atoms with E-state index in [0.29, 0.717) is 11.6 Å². The molecule has 104 valence electrons. The highest BCUT2D eigenvalue weighted by Gasteiger charge is 2.22. The third kappa shape index (κ3) is 3.81. The number of carbonyl (C=O) groups is 1. The maximum atomic E-state index is 11.7. The van der Waals surface area contributed by atoms with E-state index in [2.05, 4.69) is 32.8 Å². The minimum absolute atomic E-state index is 0.0468. The smallest absolute Gasteiger partial charge is 0.242 e. The maximum absolute atomic E-state index is 11.7. The Bertz CT molecular complexity index is 449. The number of nitrogens with zero attached hydrogens (tertiary/aromatic N) is 2. The minimum atomic E-state index is -0.193. The molecule has 1 fully saturated rings. The van der Waals surface area contributed by atoms with E-state index < -0.39 is 0 Å². The minimum Gasteiger partial charge on any atom is -0.370 e. The molecule has 0 radical (unpaired) electrons. The van der Waals surface area contributed by atoms with Gasteiger partial charge in [-0.3, -0.25) is 4.79 Å². The first kappa shape index (κ1) is 13.6. The van der Waals surface area contributed by atoms with Crippen LogP contribution in [0.15, 0.2) is 6.07 Å². The lowest BCUT2D eigenvalue weighted by Gasteiger charge is -2.23. The Balaban J connectivity index is 2.06. The average Bonchev–Trinajstić information content (AvgIpc) is 2.38. The predicted molar refractivity (Wildman–Crippen MR) is 75.2 cm³/mol. The molecule has 1 aromatic heterocycles. The summed E-state index contributed by atoms with van der Waals surface area (Å²) < 4.78 is 0. The van der Waals surface area contributed by atoms with Gasteiger partial charge in [-0.05, 0) is 26.2 Å². The molecule has 19 heavy (non-hydrogen) atoms.